The molecule has 0 amide bonds. The van der Waals surface area contributed by atoms with Gasteiger partial charge in [-0.25, -0.2) is 0 Å². The number of hydrogen-bond donors (Lipinski definition) is 1. The number of carbonyl (C=O) groups excluding carboxylic acids is 1. The SMILES string of the molecule is COC(=O)C(C)(N)CCCSc1nnc(C)n1C. The Hall–Kier alpha value is -1.08. The van der Waals surface area contributed by atoms with Gasteiger partial charge in [-0.2, -0.15) is 0 Å². The van der Waals surface area contributed by atoms with Gasteiger partial charge in [-0.05, 0) is 26.7 Å². The molecule has 1 aromatic rings. The number of rotatable bonds is 6. The summed E-state index contributed by atoms with van der Waals surface area (Å²) in [6.07, 6.45) is 1.40. The van der Waals surface area contributed by atoms with Gasteiger partial charge in [-0.1, -0.05) is 11.8 Å². The number of thioether (sulfide) groups is 1. The van der Waals surface area contributed by atoms with Crippen LogP contribution in [0, 0.1) is 6.92 Å². The topological polar surface area (TPSA) is 83.0 Å². The van der Waals surface area contributed by atoms with Crippen LogP contribution < -0.4 is 5.73 Å². The Morgan fingerprint density at radius 3 is 2.72 bits per heavy atom. The first-order valence-corrected chi connectivity index (χ1v) is 6.73. The van der Waals surface area contributed by atoms with E-state index in [1.165, 1.54) is 7.11 Å². The summed E-state index contributed by atoms with van der Waals surface area (Å²) in [5.41, 5.74) is 4.96. The zero-order valence-corrected chi connectivity index (χ0v) is 12.1. The summed E-state index contributed by atoms with van der Waals surface area (Å²) in [4.78, 5) is 11.4. The number of ether oxygens (including phenoxy) is 1. The van der Waals surface area contributed by atoms with Crippen molar-refractivity contribution in [1.29, 1.82) is 0 Å². The Morgan fingerprint density at radius 2 is 2.22 bits per heavy atom. The quantitative estimate of drug-likeness (QED) is 0.470. The molecule has 6 nitrogen and oxygen atoms in total. The third kappa shape index (κ3) is 3.71. The van der Waals surface area contributed by atoms with Crippen LogP contribution in [0.3, 0.4) is 0 Å². The molecule has 18 heavy (non-hydrogen) atoms. The Morgan fingerprint density at radius 1 is 1.56 bits per heavy atom. The van der Waals surface area contributed by atoms with Gasteiger partial charge in [0.05, 0.1) is 7.11 Å². The van der Waals surface area contributed by atoms with E-state index >= 15 is 0 Å². The fourth-order valence-electron chi connectivity index (χ4n) is 1.45. The lowest BCUT2D eigenvalue weighted by molar-refractivity contribution is -0.146. The first-order chi connectivity index (χ1) is 8.38. The lowest BCUT2D eigenvalue weighted by atomic mass is 9.98. The third-order valence-electron chi connectivity index (χ3n) is 2.78. The number of methoxy groups -OCH3 is 1. The predicted octanol–water partition coefficient (Wildman–Crippen LogP) is 0.886. The average Bonchev–Trinajstić information content (AvgIpc) is 2.65. The number of esters is 1. The van der Waals surface area contributed by atoms with Crippen LogP contribution >= 0.6 is 11.8 Å². The summed E-state index contributed by atoms with van der Waals surface area (Å²) in [5.74, 6) is 1.35. The summed E-state index contributed by atoms with van der Waals surface area (Å²) in [7, 11) is 3.28. The van der Waals surface area contributed by atoms with Gasteiger partial charge in [0, 0.05) is 12.8 Å². The van der Waals surface area contributed by atoms with Crippen LogP contribution in [-0.4, -0.2) is 39.1 Å². The molecular formula is C11H20N4O2S. The van der Waals surface area contributed by atoms with Crippen molar-refractivity contribution >= 4 is 17.7 Å². The number of aromatic nitrogens is 3. The van der Waals surface area contributed by atoms with E-state index in [1.54, 1.807) is 18.7 Å². The molecule has 1 unspecified atom stereocenters. The van der Waals surface area contributed by atoms with Gasteiger partial charge in [0.2, 0.25) is 0 Å². The maximum Gasteiger partial charge on any atom is 0.325 e. The van der Waals surface area contributed by atoms with E-state index in [9.17, 15) is 4.79 Å². The smallest absolute Gasteiger partial charge is 0.325 e. The molecule has 102 valence electrons. The summed E-state index contributed by atoms with van der Waals surface area (Å²) >= 11 is 1.61. The number of nitrogens with two attached hydrogens (primary N) is 1. The molecule has 7 heteroatoms. The normalized spacial score (nSPS) is 14.3. The van der Waals surface area contributed by atoms with E-state index in [-0.39, 0.29) is 5.97 Å². The van der Waals surface area contributed by atoms with Gasteiger partial charge in [-0.15, -0.1) is 10.2 Å². The van der Waals surface area contributed by atoms with Crippen molar-refractivity contribution < 1.29 is 9.53 Å². The van der Waals surface area contributed by atoms with E-state index in [2.05, 4.69) is 14.9 Å². The molecular weight excluding hydrogens is 252 g/mol. The van der Waals surface area contributed by atoms with E-state index in [0.29, 0.717) is 6.42 Å². The Bertz CT molecular complexity index is 417. The second kappa shape index (κ2) is 6.19. The number of nitrogens with zero attached hydrogens (tertiary/aromatic N) is 3. The second-order valence-corrected chi connectivity index (χ2v) is 5.51. The van der Waals surface area contributed by atoms with Gasteiger partial charge < -0.3 is 15.0 Å². The van der Waals surface area contributed by atoms with E-state index in [1.807, 2.05) is 18.5 Å². The van der Waals surface area contributed by atoms with Crippen LogP contribution in [0.2, 0.25) is 0 Å². The summed E-state index contributed by atoms with van der Waals surface area (Å²) in [6, 6.07) is 0. The first kappa shape index (κ1) is 15.0. The Kier molecular flexibility index (Phi) is 5.15. The highest BCUT2D eigenvalue weighted by Gasteiger charge is 2.28. The van der Waals surface area contributed by atoms with Crippen LogP contribution in [0.5, 0.6) is 0 Å². The first-order valence-electron chi connectivity index (χ1n) is 5.74. The maximum absolute atomic E-state index is 11.4. The minimum Gasteiger partial charge on any atom is -0.468 e. The van der Waals surface area contributed by atoms with Gasteiger partial charge in [0.1, 0.15) is 11.4 Å². The van der Waals surface area contributed by atoms with Crippen LogP contribution in [0.15, 0.2) is 5.16 Å². The highest BCUT2D eigenvalue weighted by molar-refractivity contribution is 7.99. The fourth-order valence-corrected chi connectivity index (χ4v) is 2.35. The highest BCUT2D eigenvalue weighted by atomic mass is 32.2. The van der Waals surface area contributed by atoms with Crippen LogP contribution in [0.25, 0.3) is 0 Å². The van der Waals surface area contributed by atoms with Crippen molar-refractivity contribution in [2.24, 2.45) is 12.8 Å². The number of carbonyl (C=O) groups is 1. The van der Waals surface area contributed by atoms with Crippen LogP contribution in [0.4, 0.5) is 0 Å². The fraction of sp³-hybridized carbons (Fsp3) is 0.727. The van der Waals surface area contributed by atoms with Gasteiger partial charge in [0.15, 0.2) is 5.16 Å². The molecule has 1 aromatic heterocycles. The van der Waals surface area contributed by atoms with Crippen molar-refractivity contribution in [2.75, 3.05) is 12.9 Å². The Balaban J connectivity index is 2.35. The molecule has 0 aliphatic rings. The zero-order chi connectivity index (χ0) is 13.8. The molecule has 0 fully saturated rings. The molecule has 1 atom stereocenters. The van der Waals surface area contributed by atoms with Crippen molar-refractivity contribution in [3.8, 4) is 0 Å². The predicted molar refractivity (Wildman–Crippen MR) is 70.3 cm³/mol. The minimum atomic E-state index is -0.912. The maximum atomic E-state index is 11.4. The molecule has 0 saturated heterocycles. The van der Waals surface area contributed by atoms with E-state index in [0.717, 1.165) is 23.2 Å². The Labute approximate surface area is 111 Å². The summed E-state index contributed by atoms with van der Waals surface area (Å²) < 4.78 is 6.59. The molecule has 0 aromatic carbocycles. The van der Waals surface area contributed by atoms with Crippen molar-refractivity contribution in [1.82, 2.24) is 14.8 Å². The molecule has 0 spiro atoms. The molecule has 0 bridgehead atoms. The largest absolute Gasteiger partial charge is 0.468 e. The van der Waals surface area contributed by atoms with Crippen LogP contribution in [0.1, 0.15) is 25.6 Å². The average molecular weight is 272 g/mol. The van der Waals surface area contributed by atoms with Crippen molar-refractivity contribution in [3.05, 3.63) is 5.82 Å². The molecule has 1 heterocycles. The van der Waals surface area contributed by atoms with Crippen molar-refractivity contribution in [3.63, 3.8) is 0 Å². The summed E-state index contributed by atoms with van der Waals surface area (Å²) in [6.45, 7) is 3.60. The van der Waals surface area contributed by atoms with Crippen LogP contribution in [-0.2, 0) is 16.6 Å². The van der Waals surface area contributed by atoms with Gasteiger partial charge >= 0.3 is 5.97 Å². The monoisotopic (exact) mass is 272 g/mol. The molecule has 0 saturated carbocycles. The zero-order valence-electron chi connectivity index (χ0n) is 11.3. The summed E-state index contributed by atoms with van der Waals surface area (Å²) in [5, 5.41) is 8.91. The highest BCUT2D eigenvalue weighted by Crippen LogP contribution is 2.19. The second-order valence-electron chi connectivity index (χ2n) is 4.45. The molecule has 0 aliphatic heterocycles. The van der Waals surface area contributed by atoms with Crippen molar-refractivity contribution in [2.45, 2.75) is 37.4 Å². The van der Waals surface area contributed by atoms with E-state index < -0.39 is 5.54 Å². The number of aryl methyl sites for hydroxylation is 1. The van der Waals surface area contributed by atoms with Gasteiger partial charge in [0.25, 0.3) is 0 Å². The molecule has 1 rings (SSSR count). The standard InChI is InChI=1S/C11H20N4O2S/c1-8-13-14-10(15(8)3)18-7-5-6-11(2,12)9(16)17-4/h5-7,12H2,1-4H3. The van der Waals surface area contributed by atoms with E-state index in [4.69, 9.17) is 5.73 Å². The molecule has 0 aliphatic carbocycles. The third-order valence-corrected chi connectivity index (χ3v) is 3.88. The number of hydrogen-bond acceptors (Lipinski definition) is 6. The lowest BCUT2D eigenvalue weighted by Crippen LogP contribution is -2.45. The lowest BCUT2D eigenvalue weighted by Gasteiger charge is -2.20. The molecule has 2 N–H and O–H groups in total. The van der Waals surface area contributed by atoms with Gasteiger partial charge in [-0.3, -0.25) is 4.79 Å². The minimum absolute atomic E-state index is 0.373. The molecule has 0 radical (unpaired) electrons.